The molecule has 17 heavy (non-hydrogen) atoms. The molecule has 94 valence electrons. The maximum Gasteiger partial charge on any atom is 0.151 e. The SMILES string of the molecule is CCCc1ccc(N2CCCC2CCN)nn1. The fourth-order valence-corrected chi connectivity index (χ4v) is 2.53. The van der Waals surface area contributed by atoms with E-state index in [0.717, 1.165) is 43.9 Å². The molecule has 0 radical (unpaired) electrons. The Hall–Kier alpha value is -1.16. The van der Waals surface area contributed by atoms with Gasteiger partial charge >= 0.3 is 0 Å². The zero-order valence-corrected chi connectivity index (χ0v) is 10.6. The van der Waals surface area contributed by atoms with Gasteiger partial charge in [-0.15, -0.1) is 5.10 Å². The van der Waals surface area contributed by atoms with Crippen LogP contribution in [0, 0.1) is 0 Å². The highest BCUT2D eigenvalue weighted by molar-refractivity contribution is 5.40. The summed E-state index contributed by atoms with van der Waals surface area (Å²) >= 11 is 0. The predicted octanol–water partition coefficient (Wildman–Crippen LogP) is 1.75. The van der Waals surface area contributed by atoms with Crippen molar-refractivity contribution >= 4 is 5.82 Å². The molecular weight excluding hydrogens is 212 g/mol. The molecule has 0 aromatic carbocycles. The minimum Gasteiger partial charge on any atom is -0.352 e. The molecule has 1 unspecified atom stereocenters. The smallest absolute Gasteiger partial charge is 0.151 e. The van der Waals surface area contributed by atoms with Crippen molar-refractivity contribution < 1.29 is 0 Å². The van der Waals surface area contributed by atoms with Crippen molar-refractivity contribution in [2.45, 2.75) is 45.1 Å². The number of aryl methyl sites for hydroxylation is 1. The molecule has 0 bridgehead atoms. The second-order valence-corrected chi connectivity index (χ2v) is 4.70. The molecule has 0 amide bonds. The molecule has 1 aromatic heterocycles. The molecule has 2 heterocycles. The highest BCUT2D eigenvalue weighted by atomic mass is 15.3. The molecule has 1 aromatic rings. The van der Waals surface area contributed by atoms with Gasteiger partial charge in [0, 0.05) is 12.6 Å². The van der Waals surface area contributed by atoms with Crippen LogP contribution in [-0.4, -0.2) is 29.3 Å². The maximum atomic E-state index is 5.65. The molecule has 2 N–H and O–H groups in total. The monoisotopic (exact) mass is 234 g/mol. The fraction of sp³-hybridized carbons (Fsp3) is 0.692. The molecule has 1 aliphatic rings. The lowest BCUT2D eigenvalue weighted by atomic mass is 10.1. The minimum absolute atomic E-state index is 0.561. The van der Waals surface area contributed by atoms with E-state index in [-0.39, 0.29) is 0 Å². The first-order valence-electron chi connectivity index (χ1n) is 6.64. The van der Waals surface area contributed by atoms with Gasteiger partial charge < -0.3 is 10.6 Å². The van der Waals surface area contributed by atoms with Crippen molar-refractivity contribution in [3.8, 4) is 0 Å². The Morgan fingerprint density at radius 1 is 1.41 bits per heavy atom. The highest BCUT2D eigenvalue weighted by Gasteiger charge is 2.24. The third-order valence-electron chi connectivity index (χ3n) is 3.38. The zero-order valence-electron chi connectivity index (χ0n) is 10.6. The summed E-state index contributed by atoms with van der Waals surface area (Å²) in [4.78, 5) is 2.36. The lowest BCUT2D eigenvalue weighted by Gasteiger charge is -2.24. The number of nitrogens with two attached hydrogens (primary N) is 1. The number of aromatic nitrogens is 2. The van der Waals surface area contributed by atoms with Crippen LogP contribution in [0.2, 0.25) is 0 Å². The third kappa shape index (κ3) is 2.94. The number of nitrogens with zero attached hydrogens (tertiary/aromatic N) is 3. The number of hydrogen-bond acceptors (Lipinski definition) is 4. The van der Waals surface area contributed by atoms with E-state index in [1.54, 1.807) is 0 Å². The van der Waals surface area contributed by atoms with E-state index in [9.17, 15) is 0 Å². The standard InChI is InChI=1S/C13H22N4/c1-2-4-11-6-7-13(16-15-11)17-10-3-5-12(17)8-9-14/h6-7,12H,2-5,8-10,14H2,1H3. The van der Waals surface area contributed by atoms with E-state index in [2.05, 4.69) is 34.2 Å². The normalized spacial score (nSPS) is 19.9. The van der Waals surface area contributed by atoms with Crippen molar-refractivity contribution in [2.75, 3.05) is 18.0 Å². The van der Waals surface area contributed by atoms with Gasteiger partial charge in [0.25, 0.3) is 0 Å². The first-order valence-corrected chi connectivity index (χ1v) is 6.64. The van der Waals surface area contributed by atoms with E-state index < -0.39 is 0 Å². The molecule has 4 heteroatoms. The highest BCUT2D eigenvalue weighted by Crippen LogP contribution is 2.24. The van der Waals surface area contributed by atoms with Crippen LogP contribution in [0.1, 0.15) is 38.3 Å². The quantitative estimate of drug-likeness (QED) is 0.843. The summed E-state index contributed by atoms with van der Waals surface area (Å²) in [7, 11) is 0. The summed E-state index contributed by atoms with van der Waals surface area (Å²) in [6.07, 6.45) is 5.66. The first-order chi connectivity index (χ1) is 8.35. The molecule has 1 fully saturated rings. The van der Waals surface area contributed by atoms with Gasteiger partial charge in [-0.25, -0.2) is 0 Å². The van der Waals surface area contributed by atoms with Crippen LogP contribution in [0.4, 0.5) is 5.82 Å². The Morgan fingerprint density at radius 3 is 2.94 bits per heavy atom. The molecule has 1 atom stereocenters. The lowest BCUT2D eigenvalue weighted by Crippen LogP contribution is -2.31. The van der Waals surface area contributed by atoms with Crippen molar-refractivity contribution in [3.05, 3.63) is 17.8 Å². The predicted molar refractivity (Wildman–Crippen MR) is 70.1 cm³/mol. The molecule has 0 aliphatic carbocycles. The minimum atomic E-state index is 0.561. The zero-order chi connectivity index (χ0) is 12.1. The molecule has 0 saturated carbocycles. The summed E-state index contributed by atoms with van der Waals surface area (Å²) in [6, 6.07) is 4.77. The summed E-state index contributed by atoms with van der Waals surface area (Å²) in [5.41, 5.74) is 6.74. The molecule has 4 nitrogen and oxygen atoms in total. The molecule has 0 spiro atoms. The average molecular weight is 234 g/mol. The van der Waals surface area contributed by atoms with Gasteiger partial charge in [0.15, 0.2) is 5.82 Å². The van der Waals surface area contributed by atoms with Gasteiger partial charge in [0.1, 0.15) is 0 Å². The topological polar surface area (TPSA) is 55.0 Å². The third-order valence-corrected chi connectivity index (χ3v) is 3.38. The van der Waals surface area contributed by atoms with Gasteiger partial charge in [0.2, 0.25) is 0 Å². The van der Waals surface area contributed by atoms with Crippen LogP contribution < -0.4 is 10.6 Å². The Balaban J connectivity index is 2.05. The van der Waals surface area contributed by atoms with Crippen molar-refractivity contribution in [1.29, 1.82) is 0 Å². The summed E-state index contributed by atoms with van der Waals surface area (Å²) in [6.45, 7) is 4.00. The van der Waals surface area contributed by atoms with Crippen molar-refractivity contribution in [1.82, 2.24) is 10.2 Å². The fourth-order valence-electron chi connectivity index (χ4n) is 2.53. The van der Waals surface area contributed by atoms with Crippen molar-refractivity contribution in [2.24, 2.45) is 5.73 Å². The van der Waals surface area contributed by atoms with Gasteiger partial charge in [-0.05, 0) is 44.4 Å². The van der Waals surface area contributed by atoms with Crippen LogP contribution in [0.25, 0.3) is 0 Å². The van der Waals surface area contributed by atoms with Gasteiger partial charge in [-0.1, -0.05) is 13.3 Å². The molecule has 1 aliphatic heterocycles. The van der Waals surface area contributed by atoms with Crippen LogP contribution in [0.15, 0.2) is 12.1 Å². The van der Waals surface area contributed by atoms with Crippen LogP contribution in [-0.2, 0) is 6.42 Å². The van der Waals surface area contributed by atoms with Crippen molar-refractivity contribution in [3.63, 3.8) is 0 Å². The molecule has 1 saturated heterocycles. The van der Waals surface area contributed by atoms with Gasteiger partial charge in [0.05, 0.1) is 5.69 Å². The van der Waals surface area contributed by atoms with E-state index in [1.165, 1.54) is 12.8 Å². The summed E-state index contributed by atoms with van der Waals surface area (Å²) in [5.74, 6) is 1.01. The Morgan fingerprint density at radius 2 is 2.29 bits per heavy atom. The maximum absolute atomic E-state index is 5.65. The number of hydrogen-bond donors (Lipinski definition) is 1. The Labute approximate surface area is 103 Å². The molecule has 2 rings (SSSR count). The lowest BCUT2D eigenvalue weighted by molar-refractivity contribution is 0.611. The van der Waals surface area contributed by atoms with E-state index in [1.807, 2.05) is 0 Å². The number of anilines is 1. The Kier molecular flexibility index (Phi) is 4.31. The van der Waals surface area contributed by atoms with Crippen LogP contribution in [0.5, 0.6) is 0 Å². The van der Waals surface area contributed by atoms with Crippen LogP contribution in [0.3, 0.4) is 0 Å². The van der Waals surface area contributed by atoms with Gasteiger partial charge in [-0.3, -0.25) is 0 Å². The molecular formula is C13H22N4. The largest absolute Gasteiger partial charge is 0.352 e. The van der Waals surface area contributed by atoms with Crippen LogP contribution >= 0.6 is 0 Å². The Bertz CT molecular complexity index is 336. The van der Waals surface area contributed by atoms with E-state index in [0.29, 0.717) is 6.04 Å². The second kappa shape index (κ2) is 5.96. The van der Waals surface area contributed by atoms with Gasteiger partial charge in [-0.2, -0.15) is 5.10 Å². The summed E-state index contributed by atoms with van der Waals surface area (Å²) in [5, 5.41) is 8.63. The second-order valence-electron chi connectivity index (χ2n) is 4.70. The van der Waals surface area contributed by atoms with E-state index in [4.69, 9.17) is 5.73 Å². The first kappa shape index (κ1) is 12.3. The summed E-state index contributed by atoms with van der Waals surface area (Å²) < 4.78 is 0. The van der Waals surface area contributed by atoms with E-state index >= 15 is 0 Å². The average Bonchev–Trinajstić information content (AvgIpc) is 2.79. The number of rotatable bonds is 5.